The topological polar surface area (TPSA) is 29.9 Å². The Morgan fingerprint density at radius 2 is 1.95 bits per heavy atom. The Bertz CT molecular complexity index is 481. The lowest BCUT2D eigenvalue weighted by molar-refractivity contribution is 0.489. The van der Waals surface area contributed by atoms with E-state index in [1.807, 2.05) is 16.9 Å². The number of hydrogen-bond donors (Lipinski definition) is 1. The van der Waals surface area contributed by atoms with Gasteiger partial charge in [-0.15, -0.1) is 0 Å². The van der Waals surface area contributed by atoms with Gasteiger partial charge in [0.25, 0.3) is 0 Å². The molecular formula is C16H21N3. The molecule has 0 amide bonds. The molecule has 2 aromatic rings. The molecule has 0 spiro atoms. The molecule has 0 unspecified atom stereocenters. The van der Waals surface area contributed by atoms with Gasteiger partial charge in [-0.25, -0.2) is 4.68 Å². The third-order valence-electron chi connectivity index (χ3n) is 3.94. The average molecular weight is 255 g/mol. The van der Waals surface area contributed by atoms with E-state index in [4.69, 9.17) is 0 Å². The molecule has 0 bridgehead atoms. The van der Waals surface area contributed by atoms with Gasteiger partial charge in [0.1, 0.15) is 0 Å². The number of nitrogens with one attached hydrogen (secondary N) is 1. The molecule has 3 heteroatoms. The van der Waals surface area contributed by atoms with Gasteiger partial charge in [-0.05, 0) is 49.1 Å². The summed E-state index contributed by atoms with van der Waals surface area (Å²) in [6, 6.07) is 10.5. The van der Waals surface area contributed by atoms with E-state index in [9.17, 15) is 0 Å². The van der Waals surface area contributed by atoms with Crippen LogP contribution in [-0.4, -0.2) is 16.3 Å². The third-order valence-corrected chi connectivity index (χ3v) is 3.94. The second kappa shape index (κ2) is 6.02. The highest BCUT2D eigenvalue weighted by Crippen LogP contribution is 2.23. The molecule has 1 aromatic heterocycles. The second-order valence-electron chi connectivity index (χ2n) is 5.40. The van der Waals surface area contributed by atoms with Gasteiger partial charge in [-0.1, -0.05) is 25.0 Å². The summed E-state index contributed by atoms with van der Waals surface area (Å²) in [5, 5.41) is 7.81. The number of aromatic nitrogens is 2. The molecule has 3 nitrogen and oxygen atoms in total. The SMILES string of the molecule is c1cnn(-c2ccc(CNCC3CCCC3)cc2)c1. The van der Waals surface area contributed by atoms with Crippen LogP contribution in [0.2, 0.25) is 0 Å². The van der Waals surface area contributed by atoms with Crippen LogP contribution in [-0.2, 0) is 6.54 Å². The summed E-state index contributed by atoms with van der Waals surface area (Å²) in [5.74, 6) is 0.906. The highest BCUT2D eigenvalue weighted by molar-refractivity contribution is 5.33. The van der Waals surface area contributed by atoms with Crippen molar-refractivity contribution in [3.8, 4) is 5.69 Å². The van der Waals surface area contributed by atoms with E-state index < -0.39 is 0 Å². The van der Waals surface area contributed by atoms with E-state index in [1.54, 1.807) is 6.20 Å². The van der Waals surface area contributed by atoms with Crippen LogP contribution < -0.4 is 5.32 Å². The van der Waals surface area contributed by atoms with Gasteiger partial charge in [-0.2, -0.15) is 5.10 Å². The van der Waals surface area contributed by atoms with Crippen molar-refractivity contribution in [3.05, 3.63) is 48.3 Å². The number of hydrogen-bond acceptors (Lipinski definition) is 2. The number of benzene rings is 1. The Hall–Kier alpha value is -1.61. The van der Waals surface area contributed by atoms with E-state index in [2.05, 4.69) is 34.7 Å². The van der Waals surface area contributed by atoms with E-state index >= 15 is 0 Å². The average Bonchev–Trinajstić information content (AvgIpc) is 3.13. The lowest BCUT2D eigenvalue weighted by atomic mass is 10.1. The van der Waals surface area contributed by atoms with Crippen molar-refractivity contribution in [2.24, 2.45) is 5.92 Å². The number of nitrogens with zero attached hydrogens (tertiary/aromatic N) is 2. The molecule has 1 aromatic carbocycles. The molecule has 1 saturated carbocycles. The Kier molecular flexibility index (Phi) is 3.94. The maximum Gasteiger partial charge on any atom is 0.0645 e. The predicted octanol–water partition coefficient (Wildman–Crippen LogP) is 3.15. The van der Waals surface area contributed by atoms with Crippen LogP contribution in [0.15, 0.2) is 42.7 Å². The van der Waals surface area contributed by atoms with E-state index in [1.165, 1.54) is 37.8 Å². The lowest BCUT2D eigenvalue weighted by Crippen LogP contribution is -2.20. The molecule has 100 valence electrons. The van der Waals surface area contributed by atoms with Crippen molar-refractivity contribution in [2.75, 3.05) is 6.54 Å². The van der Waals surface area contributed by atoms with Crippen LogP contribution in [0.3, 0.4) is 0 Å². The van der Waals surface area contributed by atoms with Crippen LogP contribution in [0, 0.1) is 5.92 Å². The van der Waals surface area contributed by atoms with Gasteiger partial charge in [0.05, 0.1) is 5.69 Å². The van der Waals surface area contributed by atoms with Crippen LogP contribution in [0.1, 0.15) is 31.2 Å². The van der Waals surface area contributed by atoms with Crippen molar-refractivity contribution in [1.82, 2.24) is 15.1 Å². The molecule has 0 aliphatic heterocycles. The molecule has 0 saturated heterocycles. The molecule has 1 aliphatic carbocycles. The Balaban J connectivity index is 1.51. The molecule has 3 rings (SSSR count). The first kappa shape index (κ1) is 12.4. The molecular weight excluding hydrogens is 234 g/mol. The van der Waals surface area contributed by atoms with E-state index in [0.717, 1.165) is 18.2 Å². The van der Waals surface area contributed by atoms with Gasteiger partial charge < -0.3 is 5.32 Å². The normalized spacial score (nSPS) is 16.0. The van der Waals surface area contributed by atoms with Crippen LogP contribution >= 0.6 is 0 Å². The quantitative estimate of drug-likeness (QED) is 0.889. The van der Waals surface area contributed by atoms with Crippen molar-refractivity contribution < 1.29 is 0 Å². The van der Waals surface area contributed by atoms with Crippen molar-refractivity contribution in [3.63, 3.8) is 0 Å². The number of rotatable bonds is 5. The van der Waals surface area contributed by atoms with Crippen molar-refractivity contribution >= 4 is 0 Å². The monoisotopic (exact) mass is 255 g/mol. The smallest absolute Gasteiger partial charge is 0.0645 e. The Morgan fingerprint density at radius 1 is 1.16 bits per heavy atom. The zero-order valence-corrected chi connectivity index (χ0v) is 11.3. The van der Waals surface area contributed by atoms with Crippen molar-refractivity contribution in [2.45, 2.75) is 32.2 Å². The minimum absolute atomic E-state index is 0.906. The minimum atomic E-state index is 0.906. The largest absolute Gasteiger partial charge is 0.312 e. The molecule has 1 aliphatic rings. The maximum atomic E-state index is 4.23. The molecule has 1 fully saturated rings. The Morgan fingerprint density at radius 3 is 2.63 bits per heavy atom. The molecule has 0 atom stereocenters. The van der Waals surface area contributed by atoms with Gasteiger partial charge in [0.15, 0.2) is 0 Å². The fourth-order valence-electron chi connectivity index (χ4n) is 2.82. The summed E-state index contributed by atoms with van der Waals surface area (Å²) in [6.45, 7) is 2.14. The summed E-state index contributed by atoms with van der Waals surface area (Å²) in [7, 11) is 0. The molecule has 19 heavy (non-hydrogen) atoms. The van der Waals surface area contributed by atoms with Gasteiger partial charge in [-0.3, -0.25) is 0 Å². The minimum Gasteiger partial charge on any atom is -0.312 e. The predicted molar refractivity (Wildman–Crippen MR) is 77.2 cm³/mol. The highest BCUT2D eigenvalue weighted by Gasteiger charge is 2.13. The first-order valence-corrected chi connectivity index (χ1v) is 7.21. The maximum absolute atomic E-state index is 4.23. The van der Waals surface area contributed by atoms with Gasteiger partial charge >= 0.3 is 0 Å². The molecule has 1 heterocycles. The fourth-order valence-corrected chi connectivity index (χ4v) is 2.82. The summed E-state index contributed by atoms with van der Waals surface area (Å²) in [6.07, 6.45) is 9.43. The van der Waals surface area contributed by atoms with E-state index in [-0.39, 0.29) is 0 Å². The molecule has 1 N–H and O–H groups in total. The standard InChI is InChI=1S/C16H21N3/c1-2-5-14(4-1)12-17-13-15-6-8-16(9-7-15)19-11-3-10-18-19/h3,6-11,14,17H,1-2,4-5,12-13H2. The first-order chi connectivity index (χ1) is 9.42. The third kappa shape index (κ3) is 3.24. The van der Waals surface area contributed by atoms with Crippen LogP contribution in [0.25, 0.3) is 5.69 Å². The second-order valence-corrected chi connectivity index (χ2v) is 5.40. The zero-order chi connectivity index (χ0) is 12.9. The van der Waals surface area contributed by atoms with Crippen LogP contribution in [0.4, 0.5) is 0 Å². The van der Waals surface area contributed by atoms with Crippen LogP contribution in [0.5, 0.6) is 0 Å². The summed E-state index contributed by atoms with van der Waals surface area (Å²) in [5.41, 5.74) is 2.46. The van der Waals surface area contributed by atoms with Gasteiger partial charge in [0.2, 0.25) is 0 Å². The first-order valence-electron chi connectivity index (χ1n) is 7.21. The van der Waals surface area contributed by atoms with Gasteiger partial charge in [0, 0.05) is 18.9 Å². The van der Waals surface area contributed by atoms with Crippen molar-refractivity contribution in [1.29, 1.82) is 0 Å². The molecule has 0 radical (unpaired) electrons. The summed E-state index contributed by atoms with van der Waals surface area (Å²) >= 11 is 0. The summed E-state index contributed by atoms with van der Waals surface area (Å²) < 4.78 is 1.88. The fraction of sp³-hybridized carbons (Fsp3) is 0.438. The zero-order valence-electron chi connectivity index (χ0n) is 11.3. The van der Waals surface area contributed by atoms with E-state index in [0.29, 0.717) is 0 Å². The highest BCUT2D eigenvalue weighted by atomic mass is 15.3. The lowest BCUT2D eigenvalue weighted by Gasteiger charge is -2.10. The summed E-state index contributed by atoms with van der Waals surface area (Å²) in [4.78, 5) is 0. The Labute approximate surface area is 114 Å².